The SMILES string of the molecule is Oc1ccc(Cl)cc1-c1oc2ccccc2c1Br. The molecule has 1 heterocycles. The fraction of sp³-hybridized carbons (Fsp3) is 0. The molecule has 0 radical (unpaired) electrons. The van der Waals surface area contributed by atoms with Crippen LogP contribution in [-0.4, -0.2) is 5.11 Å². The van der Waals surface area contributed by atoms with Gasteiger partial charge in [-0.15, -0.1) is 0 Å². The zero-order valence-corrected chi connectivity index (χ0v) is 11.5. The minimum absolute atomic E-state index is 0.138. The predicted molar refractivity (Wildman–Crippen MR) is 76.0 cm³/mol. The highest BCUT2D eigenvalue weighted by molar-refractivity contribution is 9.10. The summed E-state index contributed by atoms with van der Waals surface area (Å²) in [6.45, 7) is 0. The Hall–Kier alpha value is -1.45. The van der Waals surface area contributed by atoms with E-state index in [1.807, 2.05) is 24.3 Å². The van der Waals surface area contributed by atoms with Gasteiger partial charge in [-0.25, -0.2) is 0 Å². The molecule has 18 heavy (non-hydrogen) atoms. The van der Waals surface area contributed by atoms with E-state index in [0.717, 1.165) is 15.4 Å². The van der Waals surface area contributed by atoms with Crippen LogP contribution in [0.2, 0.25) is 5.02 Å². The summed E-state index contributed by atoms with van der Waals surface area (Å²) in [5.74, 6) is 0.718. The zero-order chi connectivity index (χ0) is 12.7. The Balaban J connectivity index is 2.31. The number of benzene rings is 2. The molecular formula is C14H8BrClO2. The molecule has 0 unspecified atom stereocenters. The highest BCUT2D eigenvalue weighted by Crippen LogP contribution is 2.41. The minimum Gasteiger partial charge on any atom is -0.507 e. The predicted octanol–water partition coefficient (Wildman–Crippen LogP) is 5.22. The van der Waals surface area contributed by atoms with Crippen molar-refractivity contribution in [2.24, 2.45) is 0 Å². The van der Waals surface area contributed by atoms with Gasteiger partial charge < -0.3 is 9.52 Å². The van der Waals surface area contributed by atoms with Crippen molar-refractivity contribution >= 4 is 38.5 Å². The average Bonchev–Trinajstić information content (AvgIpc) is 2.71. The van der Waals surface area contributed by atoms with Crippen molar-refractivity contribution in [1.82, 2.24) is 0 Å². The monoisotopic (exact) mass is 322 g/mol. The Morgan fingerprint density at radius 3 is 2.67 bits per heavy atom. The van der Waals surface area contributed by atoms with Gasteiger partial charge >= 0.3 is 0 Å². The first-order valence-electron chi connectivity index (χ1n) is 5.33. The largest absolute Gasteiger partial charge is 0.507 e. The van der Waals surface area contributed by atoms with Crippen molar-refractivity contribution in [2.75, 3.05) is 0 Å². The molecule has 0 aliphatic rings. The van der Waals surface area contributed by atoms with Crippen LogP contribution >= 0.6 is 27.5 Å². The molecule has 0 atom stereocenters. The number of rotatable bonds is 1. The van der Waals surface area contributed by atoms with Crippen LogP contribution in [0.15, 0.2) is 51.4 Å². The summed E-state index contributed by atoms with van der Waals surface area (Å²) in [6, 6.07) is 12.5. The molecule has 0 aliphatic carbocycles. The summed E-state index contributed by atoms with van der Waals surface area (Å²) in [5.41, 5.74) is 1.34. The normalized spacial score (nSPS) is 11.0. The first kappa shape index (κ1) is 11.6. The van der Waals surface area contributed by atoms with E-state index < -0.39 is 0 Å². The van der Waals surface area contributed by atoms with E-state index in [1.54, 1.807) is 18.2 Å². The Kier molecular flexibility index (Phi) is 2.80. The van der Waals surface area contributed by atoms with Crippen molar-refractivity contribution in [1.29, 1.82) is 0 Å². The van der Waals surface area contributed by atoms with Crippen LogP contribution in [0.5, 0.6) is 5.75 Å². The van der Waals surface area contributed by atoms with Crippen molar-refractivity contribution < 1.29 is 9.52 Å². The van der Waals surface area contributed by atoms with Crippen LogP contribution in [0.25, 0.3) is 22.3 Å². The van der Waals surface area contributed by atoms with Crippen LogP contribution in [0, 0.1) is 0 Å². The molecule has 2 aromatic carbocycles. The molecule has 0 spiro atoms. The molecule has 0 saturated carbocycles. The Bertz CT molecular complexity index is 734. The Morgan fingerprint density at radius 1 is 1.11 bits per heavy atom. The molecule has 90 valence electrons. The molecular weight excluding hydrogens is 316 g/mol. The number of fused-ring (bicyclic) bond motifs is 1. The number of para-hydroxylation sites is 1. The lowest BCUT2D eigenvalue weighted by Crippen LogP contribution is -1.77. The third-order valence-corrected chi connectivity index (χ3v) is 3.76. The van der Waals surface area contributed by atoms with E-state index in [9.17, 15) is 5.11 Å². The molecule has 1 N–H and O–H groups in total. The maximum Gasteiger partial charge on any atom is 0.153 e. The molecule has 4 heteroatoms. The van der Waals surface area contributed by atoms with Gasteiger partial charge in [-0.1, -0.05) is 23.7 Å². The smallest absolute Gasteiger partial charge is 0.153 e. The molecule has 0 saturated heterocycles. The third kappa shape index (κ3) is 1.80. The highest BCUT2D eigenvalue weighted by Gasteiger charge is 2.16. The lowest BCUT2D eigenvalue weighted by molar-refractivity contribution is 0.474. The van der Waals surface area contributed by atoms with E-state index in [2.05, 4.69) is 15.9 Å². The summed E-state index contributed by atoms with van der Waals surface area (Å²) in [5, 5.41) is 11.4. The van der Waals surface area contributed by atoms with E-state index in [-0.39, 0.29) is 5.75 Å². The maximum absolute atomic E-state index is 9.90. The van der Waals surface area contributed by atoms with Crippen molar-refractivity contribution in [2.45, 2.75) is 0 Å². The zero-order valence-electron chi connectivity index (χ0n) is 9.15. The fourth-order valence-electron chi connectivity index (χ4n) is 1.88. The number of hydrogen-bond donors (Lipinski definition) is 1. The van der Waals surface area contributed by atoms with Gasteiger partial charge in [0.1, 0.15) is 11.3 Å². The maximum atomic E-state index is 9.90. The first-order valence-corrected chi connectivity index (χ1v) is 6.50. The van der Waals surface area contributed by atoms with E-state index >= 15 is 0 Å². The summed E-state index contributed by atoms with van der Waals surface area (Å²) >= 11 is 9.45. The van der Waals surface area contributed by atoms with Crippen molar-refractivity contribution in [3.05, 3.63) is 52.0 Å². The van der Waals surface area contributed by atoms with Gasteiger partial charge in [0.2, 0.25) is 0 Å². The Labute approximate surface area is 117 Å². The second-order valence-electron chi connectivity index (χ2n) is 3.90. The number of hydrogen-bond acceptors (Lipinski definition) is 2. The fourth-order valence-corrected chi connectivity index (χ4v) is 2.67. The standard InChI is InChI=1S/C14H8BrClO2/c15-13-9-3-1-2-4-12(9)18-14(13)10-7-8(16)5-6-11(10)17/h1-7,17H. The summed E-state index contributed by atoms with van der Waals surface area (Å²) in [7, 11) is 0. The van der Waals surface area contributed by atoms with Gasteiger partial charge in [0.25, 0.3) is 0 Å². The number of halogens is 2. The van der Waals surface area contributed by atoms with Gasteiger partial charge in [-0.3, -0.25) is 0 Å². The molecule has 0 aliphatic heterocycles. The van der Waals surface area contributed by atoms with E-state index in [0.29, 0.717) is 16.3 Å². The van der Waals surface area contributed by atoms with Gasteiger partial charge in [-0.2, -0.15) is 0 Å². The molecule has 2 nitrogen and oxygen atoms in total. The summed E-state index contributed by atoms with van der Waals surface area (Å²) < 4.78 is 6.57. The lowest BCUT2D eigenvalue weighted by atomic mass is 10.1. The molecule has 0 bridgehead atoms. The van der Waals surface area contributed by atoms with Crippen molar-refractivity contribution in [3.63, 3.8) is 0 Å². The average molecular weight is 324 g/mol. The van der Waals surface area contributed by atoms with Crippen LogP contribution in [-0.2, 0) is 0 Å². The summed E-state index contributed by atoms with van der Waals surface area (Å²) in [4.78, 5) is 0. The number of phenols is 1. The van der Waals surface area contributed by atoms with Crippen LogP contribution < -0.4 is 0 Å². The van der Waals surface area contributed by atoms with E-state index in [4.69, 9.17) is 16.0 Å². The second-order valence-corrected chi connectivity index (χ2v) is 5.13. The minimum atomic E-state index is 0.138. The summed E-state index contributed by atoms with van der Waals surface area (Å²) in [6.07, 6.45) is 0. The lowest BCUT2D eigenvalue weighted by Gasteiger charge is -2.02. The third-order valence-electron chi connectivity index (χ3n) is 2.74. The Morgan fingerprint density at radius 2 is 1.89 bits per heavy atom. The first-order chi connectivity index (χ1) is 8.66. The molecule has 3 rings (SSSR count). The van der Waals surface area contributed by atoms with Crippen LogP contribution in [0.3, 0.4) is 0 Å². The van der Waals surface area contributed by atoms with Gasteiger partial charge in [-0.05, 0) is 46.3 Å². The topological polar surface area (TPSA) is 33.4 Å². The number of furan rings is 1. The molecule has 1 aromatic heterocycles. The van der Waals surface area contributed by atoms with Gasteiger partial charge in [0, 0.05) is 10.4 Å². The molecule has 0 fully saturated rings. The van der Waals surface area contributed by atoms with Crippen LogP contribution in [0.1, 0.15) is 0 Å². The van der Waals surface area contributed by atoms with Gasteiger partial charge in [0.05, 0.1) is 10.0 Å². The number of phenolic OH excluding ortho intramolecular Hbond substituents is 1. The number of aromatic hydroxyl groups is 1. The molecule has 0 amide bonds. The highest BCUT2D eigenvalue weighted by atomic mass is 79.9. The quantitative estimate of drug-likeness (QED) is 0.666. The van der Waals surface area contributed by atoms with Crippen LogP contribution in [0.4, 0.5) is 0 Å². The van der Waals surface area contributed by atoms with Crippen molar-refractivity contribution in [3.8, 4) is 17.1 Å². The second kappa shape index (κ2) is 4.34. The molecule has 3 aromatic rings. The van der Waals surface area contributed by atoms with E-state index in [1.165, 1.54) is 0 Å². The van der Waals surface area contributed by atoms with Gasteiger partial charge in [0.15, 0.2) is 5.76 Å².